The number of carbonyl (C=O) groups is 3. The molecular formula is C16H20ClN3O3S. The summed E-state index contributed by atoms with van der Waals surface area (Å²) in [5, 5.41) is 6.00. The Bertz CT molecular complexity index is 609. The van der Waals surface area contributed by atoms with Gasteiger partial charge in [-0.25, -0.2) is 4.79 Å². The first kappa shape index (κ1) is 18.6. The van der Waals surface area contributed by atoms with E-state index in [9.17, 15) is 14.4 Å². The van der Waals surface area contributed by atoms with E-state index in [2.05, 4.69) is 10.6 Å². The summed E-state index contributed by atoms with van der Waals surface area (Å²) in [7, 11) is 0. The van der Waals surface area contributed by atoms with Gasteiger partial charge in [-0.05, 0) is 42.5 Å². The number of hydrogen-bond donors (Lipinski definition) is 2. The molecule has 2 rings (SSSR count). The summed E-state index contributed by atoms with van der Waals surface area (Å²) in [6, 6.07) is 6.34. The topological polar surface area (TPSA) is 78.5 Å². The van der Waals surface area contributed by atoms with Crippen LogP contribution >= 0.6 is 23.4 Å². The van der Waals surface area contributed by atoms with Gasteiger partial charge in [-0.15, -0.1) is 0 Å². The van der Waals surface area contributed by atoms with E-state index in [-0.39, 0.29) is 18.4 Å². The fourth-order valence-corrected chi connectivity index (χ4v) is 2.95. The van der Waals surface area contributed by atoms with Gasteiger partial charge in [-0.2, -0.15) is 11.8 Å². The molecule has 1 atom stereocenters. The highest BCUT2D eigenvalue weighted by molar-refractivity contribution is 7.98. The van der Waals surface area contributed by atoms with Gasteiger partial charge in [0, 0.05) is 11.6 Å². The summed E-state index contributed by atoms with van der Waals surface area (Å²) in [4.78, 5) is 36.9. The molecule has 1 fully saturated rings. The molecule has 130 valence electrons. The number of rotatable bonds is 8. The average Bonchev–Trinajstić information content (AvgIpc) is 2.82. The van der Waals surface area contributed by atoms with Crippen molar-refractivity contribution in [1.29, 1.82) is 0 Å². The molecule has 0 aromatic heterocycles. The molecule has 1 saturated heterocycles. The van der Waals surface area contributed by atoms with Gasteiger partial charge in [0.2, 0.25) is 5.91 Å². The highest BCUT2D eigenvalue weighted by Crippen LogP contribution is 2.12. The maximum Gasteiger partial charge on any atom is 0.325 e. The number of benzene rings is 1. The predicted octanol–water partition coefficient (Wildman–Crippen LogP) is 1.67. The van der Waals surface area contributed by atoms with Crippen molar-refractivity contribution in [2.45, 2.75) is 18.9 Å². The molecule has 0 saturated carbocycles. The Morgan fingerprint density at radius 2 is 2.04 bits per heavy atom. The molecule has 0 spiro atoms. The Morgan fingerprint density at radius 1 is 1.33 bits per heavy atom. The maximum absolute atomic E-state index is 12.1. The van der Waals surface area contributed by atoms with Crippen molar-refractivity contribution in [3.63, 3.8) is 0 Å². The van der Waals surface area contributed by atoms with Gasteiger partial charge >= 0.3 is 6.03 Å². The molecule has 1 unspecified atom stereocenters. The molecule has 0 radical (unpaired) electrons. The lowest BCUT2D eigenvalue weighted by atomic mass is 10.1. The lowest BCUT2D eigenvalue weighted by molar-refractivity contribution is -0.132. The Morgan fingerprint density at radius 3 is 2.71 bits per heavy atom. The minimum absolute atomic E-state index is 0.249. The minimum atomic E-state index is -0.521. The Balaban J connectivity index is 1.76. The van der Waals surface area contributed by atoms with Crippen LogP contribution in [-0.2, 0) is 16.0 Å². The van der Waals surface area contributed by atoms with Gasteiger partial charge in [0.25, 0.3) is 5.91 Å². The zero-order valence-electron chi connectivity index (χ0n) is 13.4. The van der Waals surface area contributed by atoms with Crippen LogP contribution in [0.1, 0.15) is 12.0 Å². The van der Waals surface area contributed by atoms with Crippen molar-refractivity contribution in [2.75, 3.05) is 25.1 Å². The van der Waals surface area contributed by atoms with Gasteiger partial charge in [-0.3, -0.25) is 14.5 Å². The van der Waals surface area contributed by atoms with Crippen LogP contribution in [0.2, 0.25) is 5.02 Å². The summed E-state index contributed by atoms with van der Waals surface area (Å²) in [6.45, 7) is 0.182. The molecule has 1 aliphatic rings. The first-order valence-corrected chi connectivity index (χ1v) is 9.40. The van der Waals surface area contributed by atoms with Crippen LogP contribution in [0.3, 0.4) is 0 Å². The number of imide groups is 1. The van der Waals surface area contributed by atoms with Crippen molar-refractivity contribution in [2.24, 2.45) is 0 Å². The van der Waals surface area contributed by atoms with Crippen LogP contribution < -0.4 is 10.6 Å². The summed E-state index contributed by atoms with van der Waals surface area (Å²) in [5.74, 6) is 0.0949. The first-order chi connectivity index (χ1) is 11.5. The van der Waals surface area contributed by atoms with Gasteiger partial charge in [0.1, 0.15) is 12.6 Å². The van der Waals surface area contributed by atoms with Crippen molar-refractivity contribution in [3.05, 3.63) is 34.9 Å². The van der Waals surface area contributed by atoms with Gasteiger partial charge in [0.15, 0.2) is 0 Å². The number of nitrogens with zero attached hydrogens (tertiary/aromatic N) is 1. The Labute approximate surface area is 150 Å². The molecule has 1 heterocycles. The zero-order valence-corrected chi connectivity index (χ0v) is 15.0. The molecule has 6 nitrogen and oxygen atoms in total. The van der Waals surface area contributed by atoms with Crippen LogP contribution in [0.5, 0.6) is 0 Å². The maximum atomic E-state index is 12.1. The lowest BCUT2D eigenvalue weighted by Gasteiger charge is -2.13. The van der Waals surface area contributed by atoms with Crippen molar-refractivity contribution in [3.8, 4) is 0 Å². The lowest BCUT2D eigenvalue weighted by Crippen LogP contribution is -2.41. The molecule has 1 aromatic carbocycles. The van der Waals surface area contributed by atoms with Crippen molar-refractivity contribution >= 4 is 41.2 Å². The van der Waals surface area contributed by atoms with Crippen LogP contribution in [0.25, 0.3) is 0 Å². The van der Waals surface area contributed by atoms with E-state index in [0.29, 0.717) is 24.4 Å². The van der Waals surface area contributed by atoms with Crippen LogP contribution in [0, 0.1) is 0 Å². The zero-order chi connectivity index (χ0) is 17.5. The smallest absolute Gasteiger partial charge is 0.325 e. The van der Waals surface area contributed by atoms with Crippen LogP contribution in [0.15, 0.2) is 24.3 Å². The second kappa shape index (κ2) is 8.94. The molecule has 0 aliphatic carbocycles. The number of amides is 4. The molecule has 2 N–H and O–H groups in total. The molecule has 1 aliphatic heterocycles. The highest BCUT2D eigenvalue weighted by Gasteiger charge is 2.38. The van der Waals surface area contributed by atoms with E-state index in [4.69, 9.17) is 11.6 Å². The Hall–Kier alpha value is -1.73. The molecular weight excluding hydrogens is 350 g/mol. The predicted molar refractivity (Wildman–Crippen MR) is 95.2 cm³/mol. The number of thioether (sulfide) groups is 1. The highest BCUT2D eigenvalue weighted by atomic mass is 35.5. The van der Waals surface area contributed by atoms with E-state index in [0.717, 1.165) is 16.2 Å². The quantitative estimate of drug-likeness (QED) is 0.683. The number of halogens is 1. The molecule has 1 aromatic rings. The molecule has 24 heavy (non-hydrogen) atoms. The van der Waals surface area contributed by atoms with E-state index in [1.807, 2.05) is 18.4 Å². The normalized spacial score (nSPS) is 17.1. The first-order valence-electron chi connectivity index (χ1n) is 7.63. The minimum Gasteiger partial charge on any atom is -0.354 e. The van der Waals surface area contributed by atoms with E-state index in [1.165, 1.54) is 0 Å². The fraction of sp³-hybridized carbons (Fsp3) is 0.438. The monoisotopic (exact) mass is 369 g/mol. The standard InChI is InChI=1S/C16H20ClN3O3S/c1-24-9-7-13-15(22)20(16(23)19-13)10-14(21)18-8-6-11-2-4-12(17)5-3-11/h2-5,13H,6-10H2,1H3,(H,18,21)(H,19,23). The molecule has 0 bridgehead atoms. The van der Waals surface area contributed by atoms with Crippen LogP contribution in [-0.4, -0.2) is 53.9 Å². The van der Waals surface area contributed by atoms with Crippen LogP contribution in [0.4, 0.5) is 4.79 Å². The number of nitrogens with one attached hydrogen (secondary N) is 2. The van der Waals surface area contributed by atoms with Gasteiger partial charge in [-0.1, -0.05) is 23.7 Å². The van der Waals surface area contributed by atoms with Gasteiger partial charge in [0.05, 0.1) is 0 Å². The number of carbonyl (C=O) groups excluding carboxylic acids is 3. The summed E-state index contributed by atoms with van der Waals surface area (Å²) < 4.78 is 0. The number of hydrogen-bond acceptors (Lipinski definition) is 4. The summed E-state index contributed by atoms with van der Waals surface area (Å²) in [6.07, 6.45) is 3.16. The summed E-state index contributed by atoms with van der Waals surface area (Å²) in [5.41, 5.74) is 1.05. The molecule has 8 heteroatoms. The second-order valence-corrected chi connectivity index (χ2v) is 6.86. The molecule has 4 amide bonds. The van der Waals surface area contributed by atoms with Gasteiger partial charge < -0.3 is 10.6 Å². The number of urea groups is 1. The third-order valence-corrected chi connectivity index (χ3v) is 4.56. The Kier molecular flexibility index (Phi) is 6.93. The second-order valence-electron chi connectivity index (χ2n) is 5.43. The van der Waals surface area contributed by atoms with E-state index >= 15 is 0 Å². The third-order valence-electron chi connectivity index (χ3n) is 3.67. The summed E-state index contributed by atoms with van der Waals surface area (Å²) >= 11 is 7.42. The largest absolute Gasteiger partial charge is 0.354 e. The van der Waals surface area contributed by atoms with E-state index in [1.54, 1.807) is 23.9 Å². The fourth-order valence-electron chi connectivity index (χ4n) is 2.35. The van der Waals surface area contributed by atoms with Crippen molar-refractivity contribution in [1.82, 2.24) is 15.5 Å². The van der Waals surface area contributed by atoms with E-state index < -0.39 is 12.1 Å². The van der Waals surface area contributed by atoms with Crippen molar-refractivity contribution < 1.29 is 14.4 Å². The third kappa shape index (κ3) is 5.14. The average molecular weight is 370 g/mol. The SMILES string of the molecule is CSCCC1NC(=O)N(CC(=O)NCCc2ccc(Cl)cc2)C1=O.